The van der Waals surface area contributed by atoms with Crippen molar-refractivity contribution in [1.29, 1.82) is 0 Å². The molecular weight excluding hydrogens is 348 g/mol. The Bertz CT molecular complexity index is 822. The predicted octanol–water partition coefficient (Wildman–Crippen LogP) is 3.14. The fourth-order valence-corrected chi connectivity index (χ4v) is 3.96. The molecule has 1 N–H and O–H groups in total. The van der Waals surface area contributed by atoms with Crippen molar-refractivity contribution in [3.8, 4) is 0 Å². The van der Waals surface area contributed by atoms with Crippen molar-refractivity contribution in [3.05, 3.63) is 41.1 Å². The first-order valence-corrected chi connectivity index (χ1v) is 10.3. The molecule has 0 aliphatic heterocycles. The number of amides is 1. The van der Waals surface area contributed by atoms with E-state index in [0.717, 1.165) is 53.6 Å². The third kappa shape index (κ3) is 3.85. The number of aromatic nitrogens is 1. The summed E-state index contributed by atoms with van der Waals surface area (Å²) in [7, 11) is 1.35. The number of fused-ring (bicyclic) bond motifs is 2. The standard InChI is InChI=1S/C20H24N2O3S/c1-25-20(24)17(11-12-26-2)22-19(23)18-13-7-3-5-9-15(13)21-16-10-6-4-8-14(16)18/h3,5,7,9,17H,4,6,8,10-12H2,1-2H3,(H,22,23)/t17-/m1/s1. The molecule has 138 valence electrons. The molecule has 1 aromatic heterocycles. The highest BCUT2D eigenvalue weighted by molar-refractivity contribution is 7.98. The van der Waals surface area contributed by atoms with E-state index >= 15 is 0 Å². The van der Waals surface area contributed by atoms with Gasteiger partial charge >= 0.3 is 5.97 Å². The van der Waals surface area contributed by atoms with E-state index in [0.29, 0.717) is 12.0 Å². The van der Waals surface area contributed by atoms with Gasteiger partial charge in [-0.05, 0) is 55.7 Å². The van der Waals surface area contributed by atoms with E-state index in [1.807, 2.05) is 30.5 Å². The van der Waals surface area contributed by atoms with Crippen LogP contribution in [0.5, 0.6) is 0 Å². The van der Waals surface area contributed by atoms with E-state index < -0.39 is 12.0 Å². The third-order valence-corrected chi connectivity index (χ3v) is 5.44. The quantitative estimate of drug-likeness (QED) is 0.789. The van der Waals surface area contributed by atoms with E-state index in [2.05, 4.69) is 5.32 Å². The second-order valence-corrected chi connectivity index (χ2v) is 7.45. The minimum atomic E-state index is -0.633. The number of benzene rings is 1. The summed E-state index contributed by atoms with van der Waals surface area (Å²) in [5.74, 6) is 0.160. The molecule has 0 saturated carbocycles. The number of pyridine rings is 1. The molecule has 3 rings (SSSR count). The lowest BCUT2D eigenvalue weighted by atomic mass is 9.89. The molecule has 0 radical (unpaired) electrons. The lowest BCUT2D eigenvalue weighted by Gasteiger charge is -2.22. The van der Waals surface area contributed by atoms with Crippen LogP contribution in [0.3, 0.4) is 0 Å². The number of aryl methyl sites for hydroxylation is 1. The predicted molar refractivity (Wildman–Crippen MR) is 105 cm³/mol. The second kappa shape index (κ2) is 8.54. The average Bonchev–Trinajstić information content (AvgIpc) is 2.68. The number of nitrogens with zero attached hydrogens (tertiary/aromatic N) is 1. The Kier molecular flexibility index (Phi) is 6.14. The van der Waals surface area contributed by atoms with Gasteiger partial charge in [0.25, 0.3) is 5.91 Å². The molecule has 2 aromatic rings. The third-order valence-electron chi connectivity index (χ3n) is 4.80. The summed E-state index contributed by atoms with van der Waals surface area (Å²) in [4.78, 5) is 30.0. The number of hydrogen-bond donors (Lipinski definition) is 1. The van der Waals surface area contributed by atoms with Crippen LogP contribution in [0.25, 0.3) is 10.9 Å². The number of methoxy groups -OCH3 is 1. The van der Waals surface area contributed by atoms with Crippen molar-refractivity contribution in [2.24, 2.45) is 0 Å². The normalized spacial score (nSPS) is 14.5. The number of para-hydroxylation sites is 1. The molecule has 0 spiro atoms. The molecule has 0 bridgehead atoms. The summed E-state index contributed by atoms with van der Waals surface area (Å²) in [5, 5.41) is 3.75. The minimum absolute atomic E-state index is 0.210. The molecular formula is C20H24N2O3S. The van der Waals surface area contributed by atoms with Gasteiger partial charge in [0.2, 0.25) is 0 Å². The maximum absolute atomic E-state index is 13.2. The number of ether oxygens (including phenoxy) is 1. The molecule has 1 amide bonds. The van der Waals surface area contributed by atoms with E-state index in [9.17, 15) is 9.59 Å². The lowest BCUT2D eigenvalue weighted by molar-refractivity contribution is -0.142. The summed E-state index contributed by atoms with van der Waals surface area (Å²) in [5.41, 5.74) is 3.54. The van der Waals surface area contributed by atoms with E-state index in [-0.39, 0.29) is 5.91 Å². The number of nitrogens with one attached hydrogen (secondary N) is 1. The number of rotatable bonds is 6. The molecule has 0 fully saturated rings. The molecule has 1 aromatic carbocycles. The molecule has 6 heteroatoms. The number of carbonyl (C=O) groups excluding carboxylic acids is 2. The smallest absolute Gasteiger partial charge is 0.328 e. The Labute approximate surface area is 157 Å². The molecule has 1 atom stereocenters. The molecule has 5 nitrogen and oxygen atoms in total. The van der Waals surface area contributed by atoms with Crippen LogP contribution in [0, 0.1) is 0 Å². The first-order chi connectivity index (χ1) is 12.7. The SMILES string of the molecule is COC(=O)[C@@H](CCSC)NC(=O)c1c2c(nc3ccccc13)CCCC2. The van der Waals surface area contributed by atoms with Gasteiger partial charge in [0, 0.05) is 11.1 Å². The summed E-state index contributed by atoms with van der Waals surface area (Å²) in [6.45, 7) is 0. The van der Waals surface area contributed by atoms with Crippen LogP contribution in [-0.4, -0.2) is 42.0 Å². The van der Waals surface area contributed by atoms with Crippen LogP contribution in [0.2, 0.25) is 0 Å². The Morgan fingerprint density at radius 3 is 2.81 bits per heavy atom. The van der Waals surface area contributed by atoms with Gasteiger partial charge in [-0.15, -0.1) is 0 Å². The fourth-order valence-electron chi connectivity index (χ4n) is 3.49. The highest BCUT2D eigenvalue weighted by atomic mass is 32.2. The van der Waals surface area contributed by atoms with Gasteiger partial charge in [-0.1, -0.05) is 18.2 Å². The van der Waals surface area contributed by atoms with Crippen LogP contribution >= 0.6 is 11.8 Å². The van der Waals surface area contributed by atoms with E-state index in [1.165, 1.54) is 7.11 Å². The van der Waals surface area contributed by atoms with Gasteiger partial charge in [-0.3, -0.25) is 9.78 Å². The minimum Gasteiger partial charge on any atom is -0.467 e. The monoisotopic (exact) mass is 372 g/mol. The fraction of sp³-hybridized carbons (Fsp3) is 0.450. The Hall–Kier alpha value is -2.08. The van der Waals surface area contributed by atoms with Gasteiger partial charge < -0.3 is 10.1 Å². The van der Waals surface area contributed by atoms with Crippen LogP contribution in [0.4, 0.5) is 0 Å². The van der Waals surface area contributed by atoms with Crippen LogP contribution in [0.15, 0.2) is 24.3 Å². The average molecular weight is 372 g/mol. The van der Waals surface area contributed by atoms with Crippen molar-refractivity contribution < 1.29 is 14.3 Å². The molecule has 26 heavy (non-hydrogen) atoms. The van der Waals surface area contributed by atoms with E-state index in [1.54, 1.807) is 11.8 Å². The maximum Gasteiger partial charge on any atom is 0.328 e. The zero-order valence-corrected chi connectivity index (χ0v) is 16.0. The van der Waals surface area contributed by atoms with Crippen molar-refractivity contribution in [2.75, 3.05) is 19.1 Å². The molecule has 0 unspecified atom stereocenters. The number of esters is 1. The highest BCUT2D eigenvalue weighted by Crippen LogP contribution is 2.29. The summed E-state index contributed by atoms with van der Waals surface area (Å²) < 4.78 is 4.87. The number of thioether (sulfide) groups is 1. The Morgan fingerprint density at radius 1 is 1.27 bits per heavy atom. The molecule has 0 saturated heterocycles. The highest BCUT2D eigenvalue weighted by Gasteiger charge is 2.26. The summed E-state index contributed by atoms with van der Waals surface area (Å²) in [6.07, 6.45) is 6.42. The van der Waals surface area contributed by atoms with Crippen LogP contribution < -0.4 is 5.32 Å². The van der Waals surface area contributed by atoms with Crippen LogP contribution in [-0.2, 0) is 22.4 Å². The van der Waals surface area contributed by atoms with Crippen molar-refractivity contribution >= 4 is 34.5 Å². The Morgan fingerprint density at radius 2 is 2.04 bits per heavy atom. The topological polar surface area (TPSA) is 68.3 Å². The number of carbonyl (C=O) groups is 2. The lowest BCUT2D eigenvalue weighted by Crippen LogP contribution is -2.42. The largest absolute Gasteiger partial charge is 0.467 e. The molecule has 1 heterocycles. The number of hydrogen-bond acceptors (Lipinski definition) is 5. The van der Waals surface area contributed by atoms with Gasteiger partial charge in [-0.25, -0.2) is 4.79 Å². The first kappa shape index (κ1) is 18.7. The zero-order chi connectivity index (χ0) is 18.5. The van der Waals surface area contributed by atoms with Crippen molar-refractivity contribution in [1.82, 2.24) is 10.3 Å². The van der Waals surface area contributed by atoms with Gasteiger partial charge in [0.1, 0.15) is 6.04 Å². The molecule has 1 aliphatic rings. The Balaban J connectivity index is 2.00. The first-order valence-electron chi connectivity index (χ1n) is 8.93. The summed E-state index contributed by atoms with van der Waals surface area (Å²) in [6, 6.07) is 7.09. The van der Waals surface area contributed by atoms with Crippen molar-refractivity contribution in [2.45, 2.75) is 38.1 Å². The van der Waals surface area contributed by atoms with Crippen molar-refractivity contribution in [3.63, 3.8) is 0 Å². The van der Waals surface area contributed by atoms with Gasteiger partial charge in [0.15, 0.2) is 0 Å². The maximum atomic E-state index is 13.2. The van der Waals surface area contributed by atoms with Gasteiger partial charge in [0.05, 0.1) is 18.2 Å². The summed E-state index contributed by atoms with van der Waals surface area (Å²) >= 11 is 1.64. The zero-order valence-electron chi connectivity index (χ0n) is 15.2. The second-order valence-electron chi connectivity index (χ2n) is 6.47. The van der Waals surface area contributed by atoms with Crippen LogP contribution in [0.1, 0.15) is 40.9 Å². The molecule has 1 aliphatic carbocycles. The van der Waals surface area contributed by atoms with E-state index in [4.69, 9.17) is 9.72 Å². The van der Waals surface area contributed by atoms with Gasteiger partial charge in [-0.2, -0.15) is 11.8 Å².